The van der Waals surface area contributed by atoms with Gasteiger partial charge in [0.05, 0.1) is 0 Å². The Morgan fingerprint density at radius 2 is 2.33 bits per heavy atom. The summed E-state index contributed by atoms with van der Waals surface area (Å²) in [6.07, 6.45) is 1.32. The van der Waals surface area contributed by atoms with Crippen LogP contribution in [0.2, 0.25) is 0 Å². The molecule has 0 nitrogen and oxygen atoms in total. The summed E-state index contributed by atoms with van der Waals surface area (Å²) in [5.41, 5.74) is 0. The second kappa shape index (κ2) is 3.78. The monoisotopic (exact) mass is 198 g/mol. The molecule has 0 saturated heterocycles. The van der Waals surface area contributed by atoms with Crippen molar-refractivity contribution < 1.29 is 0 Å². The van der Waals surface area contributed by atoms with Crippen LogP contribution in [0.25, 0.3) is 0 Å². The molecule has 0 rings (SSSR count). The van der Waals surface area contributed by atoms with E-state index in [0.29, 0.717) is 20.7 Å². The van der Waals surface area contributed by atoms with E-state index in [2.05, 4.69) is 18.4 Å². The molecule has 0 spiro atoms. The Kier molecular flexibility index (Phi) is 4.16. The smallest absolute Gasteiger partial charge is 0.00259 e. The van der Waals surface area contributed by atoms with E-state index >= 15 is 0 Å². The van der Waals surface area contributed by atoms with Crippen LogP contribution in [0.3, 0.4) is 0 Å². The Morgan fingerprint density at radius 1 is 1.83 bits per heavy atom. The van der Waals surface area contributed by atoms with E-state index in [1.165, 1.54) is 6.42 Å². The third kappa shape index (κ3) is 2.82. The van der Waals surface area contributed by atoms with Crippen LogP contribution in [0.4, 0.5) is 0 Å². The summed E-state index contributed by atoms with van der Waals surface area (Å²) in [5, 5.41) is 0. The van der Waals surface area contributed by atoms with Crippen molar-refractivity contribution in [3.05, 3.63) is 0 Å². The van der Waals surface area contributed by atoms with E-state index in [0.717, 1.165) is 3.92 Å². The summed E-state index contributed by atoms with van der Waals surface area (Å²) in [5.74, 6) is 0. The van der Waals surface area contributed by atoms with E-state index < -0.39 is 0 Å². The lowest BCUT2D eigenvalue weighted by molar-refractivity contribution is 0.938. The van der Waals surface area contributed by atoms with Gasteiger partial charge in [-0.25, -0.2) is 0 Å². The van der Waals surface area contributed by atoms with Crippen LogP contribution in [0.1, 0.15) is 20.3 Å². The number of halogens is 1. The van der Waals surface area contributed by atoms with Crippen LogP contribution < -0.4 is 0 Å². The standard InChI is InChI=1S/C5H11I/c1-4-5(2)6-3/h5H,3-4H2,1-2H3/t5-/m1/s1. The van der Waals surface area contributed by atoms with E-state index in [4.69, 9.17) is 0 Å². The fourth-order valence-corrected chi connectivity index (χ4v) is 0.732. The molecule has 0 aromatic heterocycles. The predicted octanol–water partition coefficient (Wildman–Crippen LogP) is 2.19. The first-order chi connectivity index (χ1) is 2.81. The Labute approximate surface area is 49.7 Å². The fourth-order valence-electron chi connectivity index (χ4n) is 0.109. The van der Waals surface area contributed by atoms with Crippen molar-refractivity contribution in [3.63, 3.8) is 0 Å². The number of rotatable bonds is 2. The highest BCUT2D eigenvalue weighted by Gasteiger charge is 1.85. The molecule has 0 aromatic carbocycles. The molecular formula is C5H11I. The van der Waals surface area contributed by atoms with Gasteiger partial charge in [-0.15, -0.1) is 20.7 Å². The second-order valence-corrected chi connectivity index (χ2v) is 4.35. The van der Waals surface area contributed by atoms with E-state index in [1.54, 1.807) is 0 Å². The molecule has 0 heterocycles. The summed E-state index contributed by atoms with van der Waals surface area (Å²) < 4.78 is 4.80. The summed E-state index contributed by atoms with van der Waals surface area (Å²) in [6.45, 7) is 4.48. The van der Waals surface area contributed by atoms with Crippen LogP contribution in [0, 0.1) is 0 Å². The molecule has 0 amide bonds. The average molecular weight is 198 g/mol. The molecule has 0 radical (unpaired) electrons. The minimum Gasteiger partial charge on any atom is -0.128 e. The molecule has 38 valence electrons. The Balaban J connectivity index is 2.96. The molecule has 6 heavy (non-hydrogen) atoms. The van der Waals surface area contributed by atoms with Gasteiger partial charge in [0.25, 0.3) is 0 Å². The molecule has 0 aliphatic heterocycles. The first-order valence-electron chi connectivity index (χ1n) is 2.18. The summed E-state index contributed by atoms with van der Waals surface area (Å²) in [4.78, 5) is 0. The molecule has 0 aromatic rings. The second-order valence-electron chi connectivity index (χ2n) is 1.34. The summed E-state index contributed by atoms with van der Waals surface area (Å²) in [6, 6.07) is 0. The van der Waals surface area contributed by atoms with Crippen LogP contribution in [0.5, 0.6) is 0 Å². The molecule has 0 unspecified atom stereocenters. The van der Waals surface area contributed by atoms with Crippen LogP contribution >= 0.6 is 20.7 Å². The van der Waals surface area contributed by atoms with Gasteiger partial charge in [-0.3, -0.25) is 0 Å². The van der Waals surface area contributed by atoms with Gasteiger partial charge in [0.1, 0.15) is 0 Å². The molecule has 0 aliphatic rings. The van der Waals surface area contributed by atoms with Crippen molar-refractivity contribution in [1.29, 1.82) is 0 Å². The number of alkyl halides is 1. The van der Waals surface area contributed by atoms with Crippen molar-refractivity contribution in [1.82, 2.24) is 0 Å². The van der Waals surface area contributed by atoms with Gasteiger partial charge in [0.2, 0.25) is 0 Å². The van der Waals surface area contributed by atoms with E-state index in [9.17, 15) is 0 Å². The van der Waals surface area contributed by atoms with Crippen LogP contribution in [-0.4, -0.2) is 8.44 Å². The number of hydrogen-bond donors (Lipinski definition) is 0. The van der Waals surface area contributed by atoms with Crippen LogP contribution in [0.15, 0.2) is 0 Å². The van der Waals surface area contributed by atoms with Gasteiger partial charge in [-0.2, -0.15) is 0 Å². The van der Waals surface area contributed by atoms with Crippen molar-refractivity contribution in [2.75, 3.05) is 0 Å². The molecular weight excluding hydrogens is 187 g/mol. The maximum Gasteiger partial charge on any atom is 0.00259 e. The average Bonchev–Trinajstić information content (AvgIpc) is 1.65. The normalized spacial score (nSPS) is 14.3. The maximum atomic E-state index is 3.87. The molecule has 0 fully saturated rings. The lowest BCUT2D eigenvalue weighted by Crippen LogP contribution is -1.82. The van der Waals surface area contributed by atoms with Gasteiger partial charge < -0.3 is 0 Å². The minimum atomic E-state index is 0.295. The molecule has 0 bridgehead atoms. The Hall–Kier alpha value is 0.600. The van der Waals surface area contributed by atoms with Crippen molar-refractivity contribution in [2.45, 2.75) is 24.2 Å². The molecule has 0 N–H and O–H groups in total. The quantitative estimate of drug-likeness (QED) is 0.471. The zero-order valence-corrected chi connectivity index (χ0v) is 6.53. The first kappa shape index (κ1) is 6.60. The molecule has 1 atom stereocenters. The fraction of sp³-hybridized carbons (Fsp3) is 0.800. The van der Waals surface area contributed by atoms with Gasteiger partial charge in [-0.1, -0.05) is 18.4 Å². The summed E-state index contributed by atoms with van der Waals surface area (Å²) in [7, 11) is 0. The highest BCUT2D eigenvalue weighted by molar-refractivity contribution is 14.2. The largest absolute Gasteiger partial charge is 0.128 e. The van der Waals surface area contributed by atoms with Crippen molar-refractivity contribution in [3.8, 4) is 0 Å². The van der Waals surface area contributed by atoms with E-state index in [1.807, 2.05) is 0 Å². The third-order valence-corrected chi connectivity index (χ3v) is 3.21. The third-order valence-electron chi connectivity index (χ3n) is 0.826. The number of hydrogen-bond acceptors (Lipinski definition) is 0. The molecule has 1 heteroatoms. The first-order valence-corrected chi connectivity index (χ1v) is 4.95. The minimum absolute atomic E-state index is 0.295. The lowest BCUT2D eigenvalue weighted by Gasteiger charge is -1.93. The zero-order chi connectivity index (χ0) is 4.99. The van der Waals surface area contributed by atoms with Gasteiger partial charge in [-0.05, 0) is 6.42 Å². The van der Waals surface area contributed by atoms with Crippen molar-refractivity contribution >= 4 is 25.2 Å². The van der Waals surface area contributed by atoms with Gasteiger partial charge in [0.15, 0.2) is 0 Å². The molecule has 0 saturated carbocycles. The van der Waals surface area contributed by atoms with Crippen molar-refractivity contribution in [2.24, 2.45) is 0 Å². The van der Waals surface area contributed by atoms with Crippen LogP contribution in [-0.2, 0) is 0 Å². The van der Waals surface area contributed by atoms with Gasteiger partial charge in [0, 0.05) is 3.92 Å². The lowest BCUT2D eigenvalue weighted by atomic mass is 10.4. The highest BCUT2D eigenvalue weighted by Crippen LogP contribution is 2.07. The van der Waals surface area contributed by atoms with E-state index in [-0.39, 0.29) is 0 Å². The Morgan fingerprint density at radius 3 is 2.33 bits per heavy atom. The molecule has 0 aliphatic carbocycles. The summed E-state index contributed by atoms with van der Waals surface area (Å²) >= 11 is 0.295. The Bertz CT molecular complexity index is 41.2. The highest BCUT2D eigenvalue weighted by atomic mass is 127. The maximum absolute atomic E-state index is 3.87. The van der Waals surface area contributed by atoms with Gasteiger partial charge >= 0.3 is 0 Å². The predicted molar refractivity (Wildman–Crippen MR) is 40.9 cm³/mol. The SMILES string of the molecule is C=I[C@H](C)CC. The topological polar surface area (TPSA) is 0 Å². The zero-order valence-electron chi connectivity index (χ0n) is 4.37.